The van der Waals surface area contributed by atoms with Gasteiger partial charge in [-0.2, -0.15) is 0 Å². The van der Waals surface area contributed by atoms with Crippen LogP contribution in [0.5, 0.6) is 0 Å². The molecule has 1 saturated heterocycles. The van der Waals surface area contributed by atoms with E-state index in [0.29, 0.717) is 18.1 Å². The number of nitrogens with one attached hydrogen (secondary N) is 1. The summed E-state index contributed by atoms with van der Waals surface area (Å²) in [5.74, 6) is 1.42. The van der Waals surface area contributed by atoms with Crippen molar-refractivity contribution in [2.45, 2.75) is 53.2 Å². The van der Waals surface area contributed by atoms with Crippen LogP contribution >= 0.6 is 0 Å². The van der Waals surface area contributed by atoms with Crippen molar-refractivity contribution < 1.29 is 4.74 Å². The van der Waals surface area contributed by atoms with E-state index in [1.54, 1.807) is 0 Å². The topological polar surface area (TPSA) is 24.5 Å². The summed E-state index contributed by atoms with van der Waals surface area (Å²) in [6, 6.07) is 0.632. The lowest BCUT2D eigenvalue weighted by Crippen LogP contribution is -2.48. The highest BCUT2D eigenvalue weighted by atomic mass is 16.5. The molecule has 108 valence electrons. The van der Waals surface area contributed by atoms with Crippen molar-refractivity contribution >= 4 is 0 Å². The SMILES string of the molecule is CC(C)CNCC(C(C)C)N1CCCOC(C)C1. The summed E-state index contributed by atoms with van der Waals surface area (Å²) in [6.45, 7) is 16.8. The van der Waals surface area contributed by atoms with Gasteiger partial charge in [-0.3, -0.25) is 4.90 Å². The number of hydrogen-bond donors (Lipinski definition) is 1. The van der Waals surface area contributed by atoms with Crippen LogP contribution < -0.4 is 5.32 Å². The third kappa shape index (κ3) is 5.68. The van der Waals surface area contributed by atoms with Crippen LogP contribution in [0.2, 0.25) is 0 Å². The number of rotatable bonds is 6. The Morgan fingerprint density at radius 3 is 2.56 bits per heavy atom. The van der Waals surface area contributed by atoms with E-state index in [1.807, 2.05) is 0 Å². The Morgan fingerprint density at radius 1 is 1.22 bits per heavy atom. The Labute approximate surface area is 113 Å². The fourth-order valence-corrected chi connectivity index (χ4v) is 2.63. The van der Waals surface area contributed by atoms with Gasteiger partial charge in [0.15, 0.2) is 0 Å². The highest BCUT2D eigenvalue weighted by Crippen LogP contribution is 2.15. The second kappa shape index (κ2) is 8.13. The van der Waals surface area contributed by atoms with Crippen molar-refractivity contribution in [3.8, 4) is 0 Å². The molecule has 0 aliphatic carbocycles. The Hall–Kier alpha value is -0.120. The van der Waals surface area contributed by atoms with Crippen LogP contribution in [-0.4, -0.2) is 49.8 Å². The summed E-state index contributed by atoms with van der Waals surface area (Å²) in [4.78, 5) is 2.62. The molecule has 2 unspecified atom stereocenters. The van der Waals surface area contributed by atoms with Gasteiger partial charge in [-0.15, -0.1) is 0 Å². The van der Waals surface area contributed by atoms with E-state index in [-0.39, 0.29) is 0 Å². The van der Waals surface area contributed by atoms with Crippen LogP contribution in [0.1, 0.15) is 41.0 Å². The van der Waals surface area contributed by atoms with E-state index in [1.165, 1.54) is 6.54 Å². The van der Waals surface area contributed by atoms with Crippen molar-refractivity contribution in [1.29, 1.82) is 0 Å². The maximum absolute atomic E-state index is 5.74. The second-order valence-corrected chi connectivity index (χ2v) is 6.39. The molecule has 1 N–H and O–H groups in total. The van der Waals surface area contributed by atoms with Gasteiger partial charge >= 0.3 is 0 Å². The smallest absolute Gasteiger partial charge is 0.0674 e. The fourth-order valence-electron chi connectivity index (χ4n) is 2.63. The van der Waals surface area contributed by atoms with Crippen LogP contribution in [0.25, 0.3) is 0 Å². The Bertz CT molecular complexity index is 219. The first-order valence-electron chi connectivity index (χ1n) is 7.57. The largest absolute Gasteiger partial charge is 0.377 e. The predicted molar refractivity (Wildman–Crippen MR) is 77.9 cm³/mol. The van der Waals surface area contributed by atoms with Crippen molar-refractivity contribution in [1.82, 2.24) is 10.2 Å². The van der Waals surface area contributed by atoms with Gasteiger partial charge in [0.25, 0.3) is 0 Å². The summed E-state index contributed by atoms with van der Waals surface area (Å²) < 4.78 is 5.74. The quantitative estimate of drug-likeness (QED) is 0.789. The van der Waals surface area contributed by atoms with Crippen LogP contribution in [0.4, 0.5) is 0 Å². The number of nitrogens with zero attached hydrogens (tertiary/aromatic N) is 1. The van der Waals surface area contributed by atoms with E-state index in [9.17, 15) is 0 Å². The summed E-state index contributed by atoms with van der Waals surface area (Å²) in [5, 5.41) is 3.62. The minimum Gasteiger partial charge on any atom is -0.377 e. The van der Waals surface area contributed by atoms with E-state index in [2.05, 4.69) is 44.8 Å². The fraction of sp³-hybridized carbons (Fsp3) is 1.00. The zero-order chi connectivity index (χ0) is 13.5. The van der Waals surface area contributed by atoms with Crippen LogP contribution in [0.3, 0.4) is 0 Å². The molecule has 1 fully saturated rings. The maximum Gasteiger partial charge on any atom is 0.0674 e. The Kier molecular flexibility index (Phi) is 7.20. The number of hydrogen-bond acceptors (Lipinski definition) is 3. The van der Waals surface area contributed by atoms with E-state index in [4.69, 9.17) is 4.74 Å². The lowest BCUT2D eigenvalue weighted by molar-refractivity contribution is 0.0552. The highest BCUT2D eigenvalue weighted by Gasteiger charge is 2.24. The molecule has 1 rings (SSSR count). The van der Waals surface area contributed by atoms with E-state index in [0.717, 1.165) is 38.6 Å². The van der Waals surface area contributed by atoms with Crippen molar-refractivity contribution in [3.05, 3.63) is 0 Å². The molecule has 1 aliphatic heterocycles. The first-order valence-corrected chi connectivity index (χ1v) is 7.57. The van der Waals surface area contributed by atoms with Gasteiger partial charge in [0, 0.05) is 32.3 Å². The molecule has 0 spiro atoms. The van der Waals surface area contributed by atoms with Crippen molar-refractivity contribution in [3.63, 3.8) is 0 Å². The van der Waals surface area contributed by atoms with Gasteiger partial charge < -0.3 is 10.1 Å². The zero-order valence-electron chi connectivity index (χ0n) is 12.9. The highest BCUT2D eigenvalue weighted by molar-refractivity contribution is 4.80. The molecule has 3 nitrogen and oxygen atoms in total. The van der Waals surface area contributed by atoms with Crippen LogP contribution in [0.15, 0.2) is 0 Å². The lowest BCUT2D eigenvalue weighted by atomic mass is 10.0. The molecular weight excluding hydrogens is 224 g/mol. The van der Waals surface area contributed by atoms with Gasteiger partial charge in [0.2, 0.25) is 0 Å². The van der Waals surface area contributed by atoms with Gasteiger partial charge in [-0.05, 0) is 31.7 Å². The molecule has 2 atom stereocenters. The molecule has 0 bridgehead atoms. The Morgan fingerprint density at radius 2 is 1.94 bits per heavy atom. The zero-order valence-corrected chi connectivity index (χ0v) is 12.9. The molecule has 3 heteroatoms. The minimum absolute atomic E-state index is 0.374. The standard InChI is InChI=1S/C15H32N2O/c1-12(2)9-16-10-15(13(3)4)17-7-6-8-18-14(5)11-17/h12-16H,6-11H2,1-5H3. The molecule has 1 aliphatic rings. The average Bonchev–Trinajstić information content (AvgIpc) is 2.48. The maximum atomic E-state index is 5.74. The monoisotopic (exact) mass is 256 g/mol. The van der Waals surface area contributed by atoms with Crippen molar-refractivity contribution in [2.75, 3.05) is 32.8 Å². The van der Waals surface area contributed by atoms with Gasteiger partial charge in [-0.1, -0.05) is 27.7 Å². The predicted octanol–water partition coefficient (Wildman–Crippen LogP) is 2.37. The number of ether oxygens (including phenoxy) is 1. The van der Waals surface area contributed by atoms with Crippen LogP contribution in [-0.2, 0) is 4.74 Å². The van der Waals surface area contributed by atoms with E-state index < -0.39 is 0 Å². The molecule has 18 heavy (non-hydrogen) atoms. The average molecular weight is 256 g/mol. The third-order valence-corrected chi connectivity index (χ3v) is 3.63. The van der Waals surface area contributed by atoms with Crippen LogP contribution in [0, 0.1) is 11.8 Å². The van der Waals surface area contributed by atoms with Gasteiger partial charge in [0.05, 0.1) is 6.10 Å². The summed E-state index contributed by atoms with van der Waals surface area (Å²) in [7, 11) is 0. The normalized spacial score (nSPS) is 24.5. The second-order valence-electron chi connectivity index (χ2n) is 6.39. The Balaban J connectivity index is 2.48. The third-order valence-electron chi connectivity index (χ3n) is 3.63. The molecular formula is C15H32N2O. The molecule has 0 aromatic rings. The summed E-state index contributed by atoms with van der Waals surface area (Å²) >= 11 is 0. The van der Waals surface area contributed by atoms with Gasteiger partial charge in [-0.25, -0.2) is 0 Å². The lowest BCUT2D eigenvalue weighted by Gasteiger charge is -2.34. The molecule has 1 heterocycles. The van der Waals surface area contributed by atoms with Gasteiger partial charge in [0.1, 0.15) is 0 Å². The summed E-state index contributed by atoms with van der Waals surface area (Å²) in [5.41, 5.74) is 0. The molecule has 0 amide bonds. The minimum atomic E-state index is 0.374. The van der Waals surface area contributed by atoms with Crippen molar-refractivity contribution in [2.24, 2.45) is 11.8 Å². The summed E-state index contributed by atoms with van der Waals surface area (Å²) in [6.07, 6.45) is 1.54. The first kappa shape index (κ1) is 15.9. The molecule has 0 saturated carbocycles. The first-order chi connectivity index (χ1) is 8.50. The molecule has 0 radical (unpaired) electrons. The molecule has 0 aromatic heterocycles. The van der Waals surface area contributed by atoms with E-state index >= 15 is 0 Å². The molecule has 0 aromatic carbocycles.